The van der Waals surface area contributed by atoms with Gasteiger partial charge in [-0.3, -0.25) is 0 Å². The molecule has 0 radical (unpaired) electrons. The Hall–Kier alpha value is -1.04. The van der Waals surface area contributed by atoms with Crippen LogP contribution < -0.4 is 0 Å². The second-order valence-corrected chi connectivity index (χ2v) is 4.19. The predicted octanol–water partition coefficient (Wildman–Crippen LogP) is 4.07. The summed E-state index contributed by atoms with van der Waals surface area (Å²) in [6.07, 6.45) is 6.14. The van der Waals surface area contributed by atoms with Crippen LogP contribution in [0.4, 0.5) is 0 Å². The van der Waals surface area contributed by atoms with Crippen LogP contribution in [-0.2, 0) is 6.42 Å². The Kier molecular flexibility index (Phi) is 2.72. The Morgan fingerprint density at radius 3 is 2.93 bits per heavy atom. The van der Waals surface area contributed by atoms with E-state index in [1.807, 2.05) is 0 Å². The maximum atomic E-state index is 2.40. The number of hydrogen-bond donors (Lipinski definition) is 0. The molecule has 1 atom stereocenters. The minimum Gasteiger partial charge on any atom is -0.0850 e. The molecule has 1 aromatic carbocycles. The summed E-state index contributed by atoms with van der Waals surface area (Å²) in [5, 5.41) is 0. The van der Waals surface area contributed by atoms with Gasteiger partial charge in [0.05, 0.1) is 0 Å². The fraction of sp³-hybridized carbons (Fsp3) is 0.429. The average Bonchev–Trinajstić information content (AvgIpc) is 2.17. The summed E-state index contributed by atoms with van der Waals surface area (Å²) in [7, 11) is 0. The van der Waals surface area contributed by atoms with E-state index < -0.39 is 0 Å². The quantitative estimate of drug-likeness (QED) is 0.624. The second-order valence-electron chi connectivity index (χ2n) is 4.19. The van der Waals surface area contributed by atoms with Gasteiger partial charge in [0, 0.05) is 5.92 Å². The lowest BCUT2D eigenvalue weighted by Gasteiger charge is -2.31. The van der Waals surface area contributed by atoms with Crippen LogP contribution in [0.2, 0.25) is 0 Å². The SMILES string of the molecule is CCCC=C(C)C1Cc2ccccc21. The summed E-state index contributed by atoms with van der Waals surface area (Å²) in [6, 6.07) is 8.81. The largest absolute Gasteiger partial charge is 0.0850 e. The molecule has 0 heteroatoms. The van der Waals surface area contributed by atoms with Gasteiger partial charge >= 0.3 is 0 Å². The normalized spacial score (nSPS) is 20.1. The number of fused-ring (bicyclic) bond motifs is 1. The van der Waals surface area contributed by atoms with Crippen LogP contribution >= 0.6 is 0 Å². The number of unbranched alkanes of at least 4 members (excludes halogenated alkanes) is 1. The van der Waals surface area contributed by atoms with Gasteiger partial charge in [-0.2, -0.15) is 0 Å². The molecule has 1 aliphatic carbocycles. The molecule has 0 nitrogen and oxygen atoms in total. The van der Waals surface area contributed by atoms with Crippen LogP contribution in [0.3, 0.4) is 0 Å². The molecule has 0 fully saturated rings. The highest BCUT2D eigenvalue weighted by molar-refractivity contribution is 5.45. The number of benzene rings is 1. The molecule has 1 unspecified atom stereocenters. The van der Waals surface area contributed by atoms with E-state index in [4.69, 9.17) is 0 Å². The van der Waals surface area contributed by atoms with E-state index in [0.29, 0.717) is 0 Å². The van der Waals surface area contributed by atoms with Crippen molar-refractivity contribution in [3.8, 4) is 0 Å². The Morgan fingerprint density at radius 2 is 2.21 bits per heavy atom. The molecule has 0 spiro atoms. The minimum atomic E-state index is 0.720. The van der Waals surface area contributed by atoms with Crippen LogP contribution in [0.15, 0.2) is 35.9 Å². The summed E-state index contributed by atoms with van der Waals surface area (Å²) in [4.78, 5) is 0. The molecule has 0 aromatic heterocycles. The zero-order valence-corrected chi connectivity index (χ0v) is 9.09. The van der Waals surface area contributed by atoms with E-state index in [2.05, 4.69) is 44.2 Å². The van der Waals surface area contributed by atoms with Gasteiger partial charge in [-0.1, -0.05) is 49.3 Å². The molecule has 1 aliphatic rings. The minimum absolute atomic E-state index is 0.720. The van der Waals surface area contributed by atoms with E-state index in [0.717, 1.165) is 5.92 Å². The van der Waals surface area contributed by atoms with Gasteiger partial charge in [-0.15, -0.1) is 0 Å². The first-order valence-electron chi connectivity index (χ1n) is 5.57. The van der Waals surface area contributed by atoms with Gasteiger partial charge < -0.3 is 0 Å². The maximum absolute atomic E-state index is 2.40. The van der Waals surface area contributed by atoms with E-state index in [-0.39, 0.29) is 0 Å². The zero-order valence-electron chi connectivity index (χ0n) is 9.09. The summed E-state index contributed by atoms with van der Waals surface area (Å²) >= 11 is 0. The molecule has 2 rings (SSSR count). The van der Waals surface area contributed by atoms with Crippen molar-refractivity contribution in [2.24, 2.45) is 0 Å². The van der Waals surface area contributed by atoms with E-state index in [1.54, 1.807) is 16.7 Å². The van der Waals surface area contributed by atoms with E-state index in [9.17, 15) is 0 Å². The number of rotatable bonds is 3. The molecule has 0 bridgehead atoms. The molecule has 0 amide bonds. The van der Waals surface area contributed by atoms with Gasteiger partial charge in [0.1, 0.15) is 0 Å². The first kappa shape index (κ1) is 9.51. The van der Waals surface area contributed by atoms with Gasteiger partial charge in [-0.05, 0) is 30.9 Å². The molecular weight excluding hydrogens is 168 g/mol. The van der Waals surface area contributed by atoms with Crippen molar-refractivity contribution in [2.45, 2.75) is 39.0 Å². The van der Waals surface area contributed by atoms with Crippen LogP contribution in [0.5, 0.6) is 0 Å². The molecule has 14 heavy (non-hydrogen) atoms. The Labute approximate surface area is 86.7 Å². The third-order valence-electron chi connectivity index (χ3n) is 3.16. The fourth-order valence-electron chi connectivity index (χ4n) is 2.18. The van der Waals surface area contributed by atoms with Crippen LogP contribution in [0.25, 0.3) is 0 Å². The third kappa shape index (κ3) is 1.61. The van der Waals surface area contributed by atoms with Crippen molar-refractivity contribution < 1.29 is 0 Å². The topological polar surface area (TPSA) is 0 Å². The molecular formula is C14H18. The number of allylic oxidation sites excluding steroid dienone is 2. The molecule has 74 valence electrons. The van der Waals surface area contributed by atoms with Gasteiger partial charge in [0.2, 0.25) is 0 Å². The van der Waals surface area contributed by atoms with Gasteiger partial charge in [-0.25, -0.2) is 0 Å². The monoisotopic (exact) mass is 186 g/mol. The van der Waals surface area contributed by atoms with Gasteiger partial charge in [0.15, 0.2) is 0 Å². The molecule has 0 heterocycles. The standard InChI is InChI=1S/C14H18/c1-3-4-7-11(2)14-10-12-8-5-6-9-13(12)14/h5-9,14H,3-4,10H2,1-2H3. The first-order valence-corrected chi connectivity index (χ1v) is 5.57. The first-order chi connectivity index (χ1) is 6.83. The van der Waals surface area contributed by atoms with Crippen molar-refractivity contribution in [3.63, 3.8) is 0 Å². The lowest BCUT2D eigenvalue weighted by Crippen LogP contribution is -2.17. The smallest absolute Gasteiger partial charge is 0.00886 e. The van der Waals surface area contributed by atoms with E-state index in [1.165, 1.54) is 19.3 Å². The Bertz CT molecular complexity index is 347. The Balaban J connectivity index is 2.11. The van der Waals surface area contributed by atoms with Crippen LogP contribution in [-0.4, -0.2) is 0 Å². The molecule has 1 aromatic rings. The lowest BCUT2D eigenvalue weighted by atomic mass is 9.73. The van der Waals surface area contributed by atoms with Crippen molar-refractivity contribution in [1.82, 2.24) is 0 Å². The molecule has 0 saturated heterocycles. The summed E-state index contributed by atoms with van der Waals surface area (Å²) in [5.41, 5.74) is 4.66. The summed E-state index contributed by atoms with van der Waals surface area (Å²) in [5.74, 6) is 0.720. The summed E-state index contributed by atoms with van der Waals surface area (Å²) < 4.78 is 0. The molecule has 0 N–H and O–H groups in total. The highest BCUT2D eigenvalue weighted by atomic mass is 14.3. The second kappa shape index (κ2) is 4.00. The van der Waals surface area contributed by atoms with Crippen molar-refractivity contribution >= 4 is 0 Å². The van der Waals surface area contributed by atoms with Crippen molar-refractivity contribution in [1.29, 1.82) is 0 Å². The van der Waals surface area contributed by atoms with Gasteiger partial charge in [0.25, 0.3) is 0 Å². The average molecular weight is 186 g/mol. The molecule has 0 saturated carbocycles. The fourth-order valence-corrected chi connectivity index (χ4v) is 2.18. The Morgan fingerprint density at radius 1 is 1.43 bits per heavy atom. The molecule has 0 aliphatic heterocycles. The lowest BCUT2D eigenvalue weighted by molar-refractivity contribution is 0.687. The van der Waals surface area contributed by atoms with E-state index >= 15 is 0 Å². The highest BCUT2D eigenvalue weighted by Gasteiger charge is 2.25. The van der Waals surface area contributed by atoms with Crippen LogP contribution in [0, 0.1) is 0 Å². The van der Waals surface area contributed by atoms with Crippen LogP contribution in [0.1, 0.15) is 43.7 Å². The summed E-state index contributed by atoms with van der Waals surface area (Å²) in [6.45, 7) is 4.51. The third-order valence-corrected chi connectivity index (χ3v) is 3.16. The highest BCUT2D eigenvalue weighted by Crippen LogP contribution is 2.39. The predicted molar refractivity (Wildman–Crippen MR) is 61.6 cm³/mol. The zero-order chi connectivity index (χ0) is 9.97. The van der Waals surface area contributed by atoms with Crippen molar-refractivity contribution in [3.05, 3.63) is 47.0 Å². The number of hydrogen-bond acceptors (Lipinski definition) is 0. The maximum Gasteiger partial charge on any atom is 0.00886 e. The van der Waals surface area contributed by atoms with Crippen molar-refractivity contribution in [2.75, 3.05) is 0 Å².